The molecule has 0 aromatic carbocycles. The van der Waals surface area contributed by atoms with E-state index in [9.17, 15) is 4.21 Å². The van der Waals surface area contributed by atoms with Gasteiger partial charge in [0.25, 0.3) is 0 Å². The van der Waals surface area contributed by atoms with E-state index < -0.39 is 11.3 Å². The Morgan fingerprint density at radius 1 is 1.15 bits per heavy atom. The van der Waals surface area contributed by atoms with Gasteiger partial charge in [0.05, 0.1) is 0 Å². The SMILES string of the molecule is O=S(O)N1CCC2CCCCC2C1. The fourth-order valence-electron chi connectivity index (χ4n) is 2.71. The molecule has 1 aliphatic heterocycles. The van der Waals surface area contributed by atoms with Crippen LogP contribution >= 0.6 is 0 Å². The van der Waals surface area contributed by atoms with Crippen LogP contribution in [0.1, 0.15) is 32.1 Å². The smallest absolute Gasteiger partial charge is 0.234 e. The maximum Gasteiger partial charge on any atom is 0.234 e. The van der Waals surface area contributed by atoms with Crippen LogP contribution in [-0.4, -0.2) is 26.2 Å². The second kappa shape index (κ2) is 4.07. The zero-order valence-corrected chi connectivity index (χ0v) is 8.63. The molecule has 0 aromatic rings. The molecule has 1 aliphatic carbocycles. The van der Waals surface area contributed by atoms with Crippen molar-refractivity contribution in [3.05, 3.63) is 0 Å². The average Bonchev–Trinajstić information content (AvgIpc) is 2.17. The first-order valence-electron chi connectivity index (χ1n) is 5.13. The van der Waals surface area contributed by atoms with Crippen molar-refractivity contribution in [1.29, 1.82) is 0 Å². The third-order valence-electron chi connectivity index (χ3n) is 3.47. The number of fused-ring (bicyclic) bond motifs is 1. The van der Waals surface area contributed by atoms with Gasteiger partial charge in [-0.15, -0.1) is 0 Å². The molecule has 2 rings (SSSR count). The van der Waals surface area contributed by atoms with E-state index in [4.69, 9.17) is 4.55 Å². The van der Waals surface area contributed by atoms with Crippen molar-refractivity contribution in [2.24, 2.45) is 11.8 Å². The van der Waals surface area contributed by atoms with Crippen LogP contribution in [0.2, 0.25) is 0 Å². The van der Waals surface area contributed by atoms with Gasteiger partial charge in [-0.3, -0.25) is 4.55 Å². The summed E-state index contributed by atoms with van der Waals surface area (Å²) in [5.41, 5.74) is 0. The van der Waals surface area contributed by atoms with E-state index >= 15 is 0 Å². The fourth-order valence-corrected chi connectivity index (χ4v) is 3.29. The summed E-state index contributed by atoms with van der Waals surface area (Å²) in [6.07, 6.45) is 6.41. The summed E-state index contributed by atoms with van der Waals surface area (Å²) in [4.78, 5) is 0. The Morgan fingerprint density at radius 3 is 2.54 bits per heavy atom. The first-order valence-corrected chi connectivity index (χ1v) is 6.19. The maximum atomic E-state index is 10.9. The third-order valence-corrected chi connectivity index (χ3v) is 4.25. The van der Waals surface area contributed by atoms with Crippen molar-refractivity contribution in [3.8, 4) is 0 Å². The molecule has 1 saturated heterocycles. The summed E-state index contributed by atoms with van der Waals surface area (Å²) in [5.74, 6) is 1.53. The van der Waals surface area contributed by atoms with Gasteiger partial charge in [0.2, 0.25) is 11.3 Å². The molecule has 1 heterocycles. The first-order chi connectivity index (χ1) is 6.27. The van der Waals surface area contributed by atoms with Gasteiger partial charge < -0.3 is 0 Å². The summed E-state index contributed by atoms with van der Waals surface area (Å²) in [6.45, 7) is 1.65. The van der Waals surface area contributed by atoms with Crippen LogP contribution in [0.5, 0.6) is 0 Å². The van der Waals surface area contributed by atoms with E-state index in [0.717, 1.165) is 25.4 Å². The van der Waals surface area contributed by atoms with Gasteiger partial charge in [-0.05, 0) is 24.7 Å². The van der Waals surface area contributed by atoms with E-state index in [1.165, 1.54) is 25.7 Å². The minimum Gasteiger partial charge on any atom is -0.294 e. The topological polar surface area (TPSA) is 40.5 Å². The summed E-state index contributed by atoms with van der Waals surface area (Å²) in [6, 6.07) is 0. The van der Waals surface area contributed by atoms with Crippen molar-refractivity contribution < 1.29 is 8.76 Å². The maximum absolute atomic E-state index is 10.9. The number of rotatable bonds is 1. The lowest BCUT2D eigenvalue weighted by atomic mass is 9.76. The predicted molar refractivity (Wildman–Crippen MR) is 52.4 cm³/mol. The largest absolute Gasteiger partial charge is 0.294 e. The second-order valence-corrected chi connectivity index (χ2v) is 5.19. The van der Waals surface area contributed by atoms with Crippen molar-refractivity contribution in [3.63, 3.8) is 0 Å². The highest BCUT2D eigenvalue weighted by molar-refractivity contribution is 7.76. The van der Waals surface area contributed by atoms with Gasteiger partial charge in [-0.1, -0.05) is 19.3 Å². The van der Waals surface area contributed by atoms with Gasteiger partial charge in [0.1, 0.15) is 0 Å². The van der Waals surface area contributed by atoms with Crippen molar-refractivity contribution in [2.75, 3.05) is 13.1 Å². The van der Waals surface area contributed by atoms with E-state index in [0.29, 0.717) is 5.92 Å². The van der Waals surface area contributed by atoms with Gasteiger partial charge in [0, 0.05) is 13.1 Å². The van der Waals surface area contributed by atoms with Gasteiger partial charge in [-0.25, -0.2) is 8.51 Å². The van der Waals surface area contributed by atoms with Crippen molar-refractivity contribution in [2.45, 2.75) is 32.1 Å². The lowest BCUT2D eigenvalue weighted by molar-refractivity contribution is 0.135. The monoisotopic (exact) mass is 203 g/mol. The van der Waals surface area contributed by atoms with Gasteiger partial charge in [-0.2, -0.15) is 0 Å². The second-order valence-electron chi connectivity index (χ2n) is 4.21. The van der Waals surface area contributed by atoms with Gasteiger partial charge in [0.15, 0.2) is 0 Å². The highest BCUT2D eigenvalue weighted by atomic mass is 32.2. The van der Waals surface area contributed by atoms with Crippen LogP contribution in [0.15, 0.2) is 0 Å². The molecular weight excluding hydrogens is 186 g/mol. The quantitative estimate of drug-likeness (QED) is 0.658. The molecule has 3 atom stereocenters. The van der Waals surface area contributed by atoms with Crippen LogP contribution < -0.4 is 0 Å². The lowest BCUT2D eigenvalue weighted by Crippen LogP contribution is -2.42. The van der Waals surface area contributed by atoms with Gasteiger partial charge >= 0.3 is 0 Å². The number of piperidine rings is 1. The van der Waals surface area contributed by atoms with E-state index in [2.05, 4.69) is 0 Å². The molecule has 1 N–H and O–H groups in total. The minimum atomic E-state index is -1.73. The zero-order valence-electron chi connectivity index (χ0n) is 7.82. The summed E-state index contributed by atoms with van der Waals surface area (Å²) < 4.78 is 21.5. The minimum absolute atomic E-state index is 0.693. The Balaban J connectivity index is 1.95. The average molecular weight is 203 g/mol. The Kier molecular flexibility index (Phi) is 3.01. The molecule has 0 bridgehead atoms. The highest BCUT2D eigenvalue weighted by Crippen LogP contribution is 2.36. The first kappa shape index (κ1) is 9.62. The van der Waals surface area contributed by atoms with Crippen LogP contribution in [0.4, 0.5) is 0 Å². The van der Waals surface area contributed by atoms with E-state index in [1.807, 2.05) is 0 Å². The number of nitrogens with zero attached hydrogens (tertiary/aromatic N) is 1. The molecule has 76 valence electrons. The Labute approximate surface area is 81.9 Å². The molecule has 2 fully saturated rings. The molecule has 0 amide bonds. The Hall–Kier alpha value is 0.0700. The normalized spacial score (nSPS) is 38.2. The van der Waals surface area contributed by atoms with Crippen LogP contribution in [0, 0.1) is 11.8 Å². The molecule has 1 saturated carbocycles. The molecule has 3 unspecified atom stereocenters. The van der Waals surface area contributed by atoms with Crippen molar-refractivity contribution >= 4 is 11.3 Å². The Morgan fingerprint density at radius 2 is 1.85 bits per heavy atom. The van der Waals surface area contributed by atoms with E-state index in [-0.39, 0.29) is 0 Å². The molecular formula is C9H17NO2S. The van der Waals surface area contributed by atoms with Crippen LogP contribution in [0.25, 0.3) is 0 Å². The molecule has 0 spiro atoms. The third kappa shape index (κ3) is 2.11. The van der Waals surface area contributed by atoms with Crippen LogP contribution in [-0.2, 0) is 11.3 Å². The molecule has 0 radical (unpaired) electrons. The number of hydrogen-bond donors (Lipinski definition) is 1. The highest BCUT2D eigenvalue weighted by Gasteiger charge is 2.32. The summed E-state index contributed by atoms with van der Waals surface area (Å²) in [5, 5.41) is 0. The fraction of sp³-hybridized carbons (Fsp3) is 1.00. The molecule has 2 aliphatic rings. The van der Waals surface area contributed by atoms with Crippen LogP contribution in [0.3, 0.4) is 0 Å². The molecule has 0 aromatic heterocycles. The standard InChI is InChI=1S/C9H17NO2S/c11-13(12)10-6-5-8-3-1-2-4-9(8)7-10/h8-9H,1-7H2,(H,11,12). The predicted octanol–water partition coefficient (Wildman–Crippen LogP) is 1.64. The molecule has 3 nitrogen and oxygen atoms in total. The zero-order chi connectivity index (χ0) is 9.26. The summed E-state index contributed by atoms with van der Waals surface area (Å²) >= 11 is -1.73. The lowest BCUT2D eigenvalue weighted by Gasteiger charge is -2.39. The van der Waals surface area contributed by atoms with E-state index in [1.54, 1.807) is 4.31 Å². The van der Waals surface area contributed by atoms with Crippen molar-refractivity contribution in [1.82, 2.24) is 4.31 Å². The number of hydrogen-bond acceptors (Lipinski definition) is 1. The Bertz CT molecular complexity index is 210. The molecule has 13 heavy (non-hydrogen) atoms. The molecule has 4 heteroatoms. The summed E-state index contributed by atoms with van der Waals surface area (Å²) in [7, 11) is 0.